The third-order valence-corrected chi connectivity index (χ3v) is 5.56. The van der Waals surface area contributed by atoms with Gasteiger partial charge in [-0.05, 0) is 22.7 Å². The molecular weight excluding hydrogens is 315 g/mol. The number of alkyl halides is 2. The second-order valence-corrected chi connectivity index (χ2v) is 6.90. The lowest BCUT2D eigenvalue weighted by atomic mass is 10.4. The molecule has 0 aliphatic carbocycles. The maximum atomic E-state index is 12.3. The van der Waals surface area contributed by atoms with E-state index in [-0.39, 0.29) is 5.75 Å². The van der Waals surface area contributed by atoms with Crippen molar-refractivity contribution in [2.75, 3.05) is 0 Å². The molecule has 2 aromatic carbocycles. The number of ether oxygens (including phenoxy) is 1. The average Bonchev–Trinajstić information content (AvgIpc) is 2.58. The summed E-state index contributed by atoms with van der Waals surface area (Å²) in [6, 6.07) is 23.4. The van der Waals surface area contributed by atoms with Gasteiger partial charge in [0, 0.05) is 7.92 Å². The van der Waals surface area contributed by atoms with Gasteiger partial charge in [0.15, 0.2) is 0 Å². The van der Waals surface area contributed by atoms with E-state index in [0.29, 0.717) is 0 Å². The van der Waals surface area contributed by atoms with Crippen molar-refractivity contribution in [1.82, 2.24) is 4.98 Å². The summed E-state index contributed by atoms with van der Waals surface area (Å²) in [5.41, 5.74) is 0.846. The number of rotatable bonds is 5. The fraction of sp³-hybridized carbons (Fsp3) is 0.0556. The van der Waals surface area contributed by atoms with Gasteiger partial charge in [-0.2, -0.15) is 8.78 Å². The van der Waals surface area contributed by atoms with Crippen LogP contribution in [0.2, 0.25) is 0 Å². The Hall–Kier alpha value is -2.32. The standard InChI is InChI=1S/C18H14F2NOP/c19-18(20)22-14-11-12-17(21-13-14)23(15-7-3-1-4-8-15)16-9-5-2-6-10-16/h1-13,18H. The lowest BCUT2D eigenvalue weighted by Gasteiger charge is -2.18. The predicted octanol–water partition coefficient (Wildman–Crippen LogP) is 3.44. The zero-order valence-electron chi connectivity index (χ0n) is 12.1. The van der Waals surface area contributed by atoms with Crippen molar-refractivity contribution in [3.8, 4) is 5.75 Å². The Balaban J connectivity index is 1.99. The molecule has 3 rings (SSSR count). The molecule has 2 nitrogen and oxygen atoms in total. The maximum absolute atomic E-state index is 12.3. The molecule has 0 atom stereocenters. The van der Waals surface area contributed by atoms with E-state index in [0.717, 1.165) is 16.0 Å². The van der Waals surface area contributed by atoms with Crippen LogP contribution in [-0.2, 0) is 0 Å². The van der Waals surface area contributed by atoms with E-state index in [1.54, 1.807) is 6.07 Å². The van der Waals surface area contributed by atoms with Gasteiger partial charge in [0.2, 0.25) is 0 Å². The molecule has 5 heteroatoms. The van der Waals surface area contributed by atoms with Crippen molar-refractivity contribution in [2.24, 2.45) is 0 Å². The van der Waals surface area contributed by atoms with E-state index in [1.807, 2.05) is 36.4 Å². The van der Waals surface area contributed by atoms with Gasteiger partial charge in [-0.1, -0.05) is 60.7 Å². The van der Waals surface area contributed by atoms with E-state index in [9.17, 15) is 8.78 Å². The zero-order chi connectivity index (χ0) is 16.1. The molecule has 1 heterocycles. The normalized spacial score (nSPS) is 11.0. The van der Waals surface area contributed by atoms with Crippen LogP contribution in [0.25, 0.3) is 0 Å². The maximum Gasteiger partial charge on any atom is 0.387 e. The first-order chi connectivity index (χ1) is 11.2. The predicted molar refractivity (Wildman–Crippen MR) is 89.6 cm³/mol. The third kappa shape index (κ3) is 3.91. The quantitative estimate of drug-likeness (QED) is 0.669. The van der Waals surface area contributed by atoms with Gasteiger partial charge in [0.25, 0.3) is 0 Å². The molecule has 0 aliphatic rings. The van der Waals surface area contributed by atoms with Crippen LogP contribution in [0.1, 0.15) is 0 Å². The molecule has 0 saturated heterocycles. The number of hydrogen-bond donors (Lipinski definition) is 0. The number of aromatic nitrogens is 1. The fourth-order valence-corrected chi connectivity index (χ4v) is 4.41. The molecule has 0 bridgehead atoms. The van der Waals surface area contributed by atoms with Gasteiger partial charge in [0.1, 0.15) is 5.75 Å². The monoisotopic (exact) mass is 329 g/mol. The molecule has 0 aliphatic heterocycles. The summed E-state index contributed by atoms with van der Waals surface area (Å²) >= 11 is 0. The highest BCUT2D eigenvalue weighted by molar-refractivity contribution is 7.79. The minimum absolute atomic E-state index is 0.0693. The van der Waals surface area contributed by atoms with Crippen molar-refractivity contribution in [1.29, 1.82) is 0 Å². The SMILES string of the molecule is FC(F)Oc1ccc(P(c2ccccc2)c2ccccc2)nc1. The van der Waals surface area contributed by atoms with E-state index < -0.39 is 14.5 Å². The Morgan fingerprint density at radius 1 is 0.783 bits per heavy atom. The van der Waals surface area contributed by atoms with E-state index in [2.05, 4.69) is 34.0 Å². The molecule has 0 spiro atoms. The summed E-state index contributed by atoms with van der Waals surface area (Å²) in [6.07, 6.45) is 1.35. The van der Waals surface area contributed by atoms with Crippen LogP contribution in [0, 0.1) is 0 Å². The number of hydrogen-bond acceptors (Lipinski definition) is 2. The summed E-state index contributed by atoms with van der Waals surface area (Å²) < 4.78 is 28.9. The van der Waals surface area contributed by atoms with Crippen LogP contribution < -0.4 is 20.8 Å². The minimum atomic E-state index is -2.84. The summed E-state index contributed by atoms with van der Waals surface area (Å²) in [5.74, 6) is 0.0693. The topological polar surface area (TPSA) is 22.1 Å². The molecule has 0 amide bonds. The summed E-state index contributed by atoms with van der Waals surface area (Å²) in [6.45, 7) is -2.84. The number of nitrogens with zero attached hydrogens (tertiary/aromatic N) is 1. The molecular formula is C18H14F2NOP. The van der Waals surface area contributed by atoms with Gasteiger partial charge in [-0.3, -0.25) is 4.98 Å². The van der Waals surface area contributed by atoms with Crippen LogP contribution in [0.5, 0.6) is 5.75 Å². The Kier molecular flexibility index (Phi) is 4.94. The Morgan fingerprint density at radius 2 is 1.35 bits per heavy atom. The molecule has 1 aromatic heterocycles. The highest BCUT2D eigenvalue weighted by Crippen LogP contribution is 2.32. The van der Waals surface area contributed by atoms with Gasteiger partial charge in [-0.15, -0.1) is 0 Å². The van der Waals surface area contributed by atoms with E-state index in [1.165, 1.54) is 12.3 Å². The van der Waals surface area contributed by atoms with Crippen molar-refractivity contribution < 1.29 is 13.5 Å². The molecule has 23 heavy (non-hydrogen) atoms. The van der Waals surface area contributed by atoms with Crippen molar-refractivity contribution in [3.63, 3.8) is 0 Å². The van der Waals surface area contributed by atoms with Crippen LogP contribution in [0.3, 0.4) is 0 Å². The van der Waals surface area contributed by atoms with Gasteiger partial charge < -0.3 is 4.74 Å². The van der Waals surface area contributed by atoms with Gasteiger partial charge in [0.05, 0.1) is 11.6 Å². The molecule has 116 valence electrons. The highest BCUT2D eigenvalue weighted by Gasteiger charge is 2.17. The van der Waals surface area contributed by atoms with Crippen molar-refractivity contribution in [2.45, 2.75) is 6.61 Å². The number of halogens is 2. The first-order valence-corrected chi connectivity index (χ1v) is 8.39. The summed E-state index contributed by atoms with van der Waals surface area (Å²) in [5, 5.41) is 2.31. The summed E-state index contributed by atoms with van der Waals surface area (Å²) in [7, 11) is -0.833. The van der Waals surface area contributed by atoms with Gasteiger partial charge in [-0.25, -0.2) is 0 Å². The Labute approximate surface area is 134 Å². The summed E-state index contributed by atoms with van der Waals surface area (Å²) in [4.78, 5) is 4.36. The van der Waals surface area contributed by atoms with Crippen LogP contribution in [0.4, 0.5) is 8.78 Å². The lowest BCUT2D eigenvalue weighted by Crippen LogP contribution is -2.22. The van der Waals surface area contributed by atoms with Crippen molar-refractivity contribution in [3.05, 3.63) is 79.0 Å². The van der Waals surface area contributed by atoms with E-state index >= 15 is 0 Å². The molecule has 0 unspecified atom stereocenters. The first-order valence-electron chi connectivity index (χ1n) is 7.05. The van der Waals surface area contributed by atoms with Gasteiger partial charge >= 0.3 is 6.61 Å². The second kappa shape index (κ2) is 7.30. The molecule has 3 aromatic rings. The lowest BCUT2D eigenvalue weighted by molar-refractivity contribution is -0.0500. The minimum Gasteiger partial charge on any atom is -0.433 e. The number of pyridine rings is 1. The molecule has 0 N–H and O–H groups in total. The second-order valence-electron chi connectivity index (χ2n) is 4.74. The fourth-order valence-electron chi connectivity index (χ4n) is 2.25. The van der Waals surface area contributed by atoms with Crippen LogP contribution >= 0.6 is 7.92 Å². The van der Waals surface area contributed by atoms with Crippen molar-refractivity contribution >= 4 is 24.0 Å². The Morgan fingerprint density at radius 3 is 1.78 bits per heavy atom. The van der Waals surface area contributed by atoms with E-state index in [4.69, 9.17) is 0 Å². The average molecular weight is 329 g/mol. The third-order valence-electron chi connectivity index (χ3n) is 3.20. The number of benzene rings is 2. The van der Waals surface area contributed by atoms with Crippen LogP contribution in [0.15, 0.2) is 79.0 Å². The highest BCUT2D eigenvalue weighted by atomic mass is 31.1. The zero-order valence-corrected chi connectivity index (χ0v) is 13.0. The molecule has 0 radical (unpaired) electrons. The largest absolute Gasteiger partial charge is 0.433 e. The Bertz CT molecular complexity index is 696. The smallest absolute Gasteiger partial charge is 0.387 e. The molecule has 0 saturated carbocycles. The first kappa shape index (κ1) is 15.6. The molecule has 0 fully saturated rings. The van der Waals surface area contributed by atoms with Crippen LogP contribution in [-0.4, -0.2) is 11.6 Å².